The number of nitrogens with zero attached hydrogens (tertiary/aromatic N) is 3. The van der Waals surface area contributed by atoms with Crippen molar-refractivity contribution in [3.63, 3.8) is 0 Å². The maximum atomic E-state index is 5.53. The average Bonchev–Trinajstić information content (AvgIpc) is 2.85. The van der Waals surface area contributed by atoms with Crippen LogP contribution in [0.5, 0.6) is 5.75 Å². The third-order valence-electron chi connectivity index (χ3n) is 3.79. The van der Waals surface area contributed by atoms with Gasteiger partial charge in [0.05, 0.1) is 18.0 Å². The highest BCUT2D eigenvalue weighted by Crippen LogP contribution is 2.27. The molecule has 0 unspecified atom stereocenters. The quantitative estimate of drug-likeness (QED) is 0.718. The maximum Gasteiger partial charge on any atom is 0.137 e. The van der Waals surface area contributed by atoms with Gasteiger partial charge in [0.1, 0.15) is 11.4 Å². The van der Waals surface area contributed by atoms with Crippen LogP contribution in [0.15, 0.2) is 42.6 Å². The molecule has 0 radical (unpaired) electrons. The van der Waals surface area contributed by atoms with Gasteiger partial charge in [0.2, 0.25) is 0 Å². The van der Waals surface area contributed by atoms with E-state index in [4.69, 9.17) is 9.72 Å². The maximum absolute atomic E-state index is 5.53. The van der Waals surface area contributed by atoms with Gasteiger partial charge in [-0.05, 0) is 69.9 Å². The second-order valence-corrected chi connectivity index (χ2v) is 6.03. The highest BCUT2D eigenvalue weighted by Gasteiger charge is 2.14. The van der Waals surface area contributed by atoms with Gasteiger partial charge in [0, 0.05) is 18.3 Å². The zero-order valence-electron chi connectivity index (χ0n) is 14.2. The second kappa shape index (κ2) is 6.42. The highest BCUT2D eigenvalue weighted by atomic mass is 16.5. The van der Waals surface area contributed by atoms with E-state index in [2.05, 4.69) is 60.8 Å². The van der Waals surface area contributed by atoms with Gasteiger partial charge in [-0.2, -0.15) is 0 Å². The van der Waals surface area contributed by atoms with Crippen LogP contribution in [-0.4, -0.2) is 35.0 Å². The Morgan fingerprint density at radius 2 is 1.87 bits per heavy atom. The Labute approximate surface area is 137 Å². The van der Waals surface area contributed by atoms with Gasteiger partial charge in [-0.1, -0.05) is 0 Å². The van der Waals surface area contributed by atoms with E-state index in [-0.39, 0.29) is 0 Å². The smallest absolute Gasteiger partial charge is 0.137 e. The molecule has 0 spiro atoms. The van der Waals surface area contributed by atoms with Crippen molar-refractivity contribution in [3.8, 4) is 17.0 Å². The third kappa shape index (κ3) is 3.22. The molecule has 0 aliphatic carbocycles. The molecule has 2 aromatic heterocycles. The Kier molecular flexibility index (Phi) is 4.35. The molecule has 0 N–H and O–H groups in total. The molecule has 0 saturated heterocycles. The van der Waals surface area contributed by atoms with Crippen LogP contribution in [0, 0.1) is 6.92 Å². The minimum Gasteiger partial charge on any atom is -0.494 e. The first-order valence-electron chi connectivity index (χ1n) is 7.94. The number of hydrogen-bond acceptors (Lipinski definition) is 3. The Hall–Kier alpha value is -2.33. The molecule has 0 fully saturated rings. The van der Waals surface area contributed by atoms with Crippen LogP contribution in [0.3, 0.4) is 0 Å². The lowest BCUT2D eigenvalue weighted by Gasteiger charge is -2.12. The lowest BCUT2D eigenvalue weighted by molar-refractivity contribution is 0.340. The van der Waals surface area contributed by atoms with E-state index in [9.17, 15) is 0 Å². The third-order valence-corrected chi connectivity index (χ3v) is 3.79. The summed E-state index contributed by atoms with van der Waals surface area (Å²) < 4.78 is 7.71. The van der Waals surface area contributed by atoms with E-state index in [1.54, 1.807) is 0 Å². The molecule has 0 amide bonds. The van der Waals surface area contributed by atoms with Crippen molar-refractivity contribution in [2.75, 3.05) is 20.7 Å². The fraction of sp³-hybridized carbons (Fsp3) is 0.316. The molecular formula is C19H23N3O. The van der Waals surface area contributed by atoms with Gasteiger partial charge >= 0.3 is 0 Å². The Morgan fingerprint density at radius 1 is 1.13 bits per heavy atom. The van der Waals surface area contributed by atoms with Crippen LogP contribution in [0.2, 0.25) is 0 Å². The molecule has 4 heteroatoms. The summed E-state index contributed by atoms with van der Waals surface area (Å²) in [5.41, 5.74) is 5.57. The summed E-state index contributed by atoms with van der Waals surface area (Å²) in [6.45, 7) is 5.61. The topological polar surface area (TPSA) is 29.8 Å². The van der Waals surface area contributed by atoms with Crippen molar-refractivity contribution in [2.45, 2.75) is 20.4 Å². The Morgan fingerprint density at radius 3 is 2.52 bits per heavy atom. The summed E-state index contributed by atoms with van der Waals surface area (Å²) >= 11 is 0. The van der Waals surface area contributed by atoms with Crippen molar-refractivity contribution >= 4 is 5.65 Å². The first-order chi connectivity index (χ1) is 11.1. The van der Waals surface area contributed by atoms with E-state index in [0.717, 1.165) is 29.2 Å². The normalized spacial score (nSPS) is 11.3. The lowest BCUT2D eigenvalue weighted by Crippen LogP contribution is -2.13. The molecule has 0 aliphatic rings. The van der Waals surface area contributed by atoms with Crippen LogP contribution in [0.4, 0.5) is 0 Å². The number of fused-ring (bicyclic) bond motifs is 1. The summed E-state index contributed by atoms with van der Waals surface area (Å²) in [6.07, 6.45) is 2.11. The highest BCUT2D eigenvalue weighted by molar-refractivity contribution is 5.67. The summed E-state index contributed by atoms with van der Waals surface area (Å²) in [6, 6.07) is 12.4. The zero-order chi connectivity index (χ0) is 16.4. The van der Waals surface area contributed by atoms with Crippen molar-refractivity contribution in [3.05, 3.63) is 53.9 Å². The number of pyridine rings is 1. The summed E-state index contributed by atoms with van der Waals surface area (Å²) in [7, 11) is 4.16. The zero-order valence-corrected chi connectivity index (χ0v) is 14.2. The van der Waals surface area contributed by atoms with Crippen LogP contribution < -0.4 is 4.74 Å². The molecule has 2 heterocycles. The van der Waals surface area contributed by atoms with Crippen molar-refractivity contribution in [1.82, 2.24) is 14.3 Å². The number of aryl methyl sites for hydroxylation is 1. The molecule has 23 heavy (non-hydrogen) atoms. The molecule has 3 rings (SSSR count). The van der Waals surface area contributed by atoms with Crippen molar-refractivity contribution in [2.24, 2.45) is 0 Å². The monoisotopic (exact) mass is 309 g/mol. The van der Waals surface area contributed by atoms with Gasteiger partial charge in [-0.3, -0.25) is 0 Å². The predicted molar refractivity (Wildman–Crippen MR) is 93.9 cm³/mol. The number of ether oxygens (including phenoxy) is 1. The summed E-state index contributed by atoms with van der Waals surface area (Å²) in [5.74, 6) is 0.894. The molecule has 4 nitrogen and oxygen atoms in total. The fourth-order valence-corrected chi connectivity index (χ4v) is 2.75. The molecular weight excluding hydrogens is 286 g/mol. The van der Waals surface area contributed by atoms with E-state index >= 15 is 0 Å². The van der Waals surface area contributed by atoms with Crippen LogP contribution in [-0.2, 0) is 6.54 Å². The number of benzene rings is 1. The number of imidazole rings is 1. The first-order valence-corrected chi connectivity index (χ1v) is 7.94. The molecule has 0 aliphatic heterocycles. The minimum atomic E-state index is 0.679. The summed E-state index contributed by atoms with van der Waals surface area (Å²) in [5, 5.41) is 0. The van der Waals surface area contributed by atoms with E-state index < -0.39 is 0 Å². The van der Waals surface area contributed by atoms with Gasteiger partial charge in [-0.25, -0.2) is 4.98 Å². The largest absolute Gasteiger partial charge is 0.494 e. The van der Waals surface area contributed by atoms with Crippen molar-refractivity contribution in [1.29, 1.82) is 0 Å². The first kappa shape index (κ1) is 15.6. The Balaban J connectivity index is 2.11. The van der Waals surface area contributed by atoms with E-state index in [1.165, 1.54) is 11.3 Å². The molecule has 1 aromatic carbocycles. The molecule has 120 valence electrons. The lowest BCUT2D eigenvalue weighted by atomic mass is 10.1. The predicted octanol–water partition coefficient (Wildman–Crippen LogP) is 3.77. The molecule has 0 saturated carbocycles. The molecule has 3 aromatic rings. The average molecular weight is 309 g/mol. The number of rotatable bonds is 5. The van der Waals surface area contributed by atoms with Crippen LogP contribution in [0.25, 0.3) is 16.9 Å². The van der Waals surface area contributed by atoms with Gasteiger partial charge in [0.25, 0.3) is 0 Å². The molecule has 0 atom stereocenters. The van der Waals surface area contributed by atoms with Gasteiger partial charge < -0.3 is 14.0 Å². The van der Waals surface area contributed by atoms with Crippen molar-refractivity contribution < 1.29 is 4.74 Å². The number of aromatic nitrogens is 2. The molecule has 0 bridgehead atoms. The fourth-order valence-electron chi connectivity index (χ4n) is 2.75. The van der Waals surface area contributed by atoms with Crippen LogP contribution in [0.1, 0.15) is 18.2 Å². The number of hydrogen-bond donors (Lipinski definition) is 0. The standard InChI is InChI=1S/C19H23N3O/c1-5-23-16-8-6-15(7-9-16)19-17(13-21(3)4)22-11-10-14(2)12-18(22)20-19/h6-12H,5,13H2,1-4H3. The summed E-state index contributed by atoms with van der Waals surface area (Å²) in [4.78, 5) is 7.04. The SMILES string of the molecule is CCOc1ccc(-c2nc3cc(C)ccn3c2CN(C)C)cc1. The van der Waals surface area contributed by atoms with Gasteiger partial charge in [0.15, 0.2) is 0 Å². The van der Waals surface area contributed by atoms with E-state index in [1.807, 2.05) is 19.1 Å². The van der Waals surface area contributed by atoms with Crippen LogP contribution >= 0.6 is 0 Å². The Bertz CT molecular complexity index is 803. The minimum absolute atomic E-state index is 0.679. The van der Waals surface area contributed by atoms with Gasteiger partial charge in [-0.15, -0.1) is 0 Å². The second-order valence-electron chi connectivity index (χ2n) is 6.03. The van der Waals surface area contributed by atoms with E-state index in [0.29, 0.717) is 6.61 Å².